The number of primary amides is 1. The molecule has 0 aromatic heterocycles. The molecule has 2 atom stereocenters. The average molecular weight is 563 g/mol. The molecule has 0 fully saturated rings. The Balaban J connectivity index is 3.52. The molecular weight excluding hydrogens is 516 g/mol. The maximum atomic E-state index is 14.1. The van der Waals surface area contributed by atoms with Crippen LogP contribution in [-0.4, -0.2) is 66.0 Å². The largest absolute Gasteiger partial charge is 0.466 e. The van der Waals surface area contributed by atoms with E-state index in [0.717, 1.165) is 24.0 Å². The molecule has 0 aliphatic heterocycles. The summed E-state index contributed by atoms with van der Waals surface area (Å²) in [6, 6.07) is 3.02. The topological polar surface area (TPSA) is 157 Å². The van der Waals surface area contributed by atoms with E-state index in [9.17, 15) is 24.0 Å². The highest BCUT2D eigenvalue weighted by molar-refractivity contribution is 5.94. The van der Waals surface area contributed by atoms with E-state index in [-0.39, 0.29) is 26.1 Å². The second-order valence-corrected chi connectivity index (χ2v) is 10.6. The van der Waals surface area contributed by atoms with Crippen molar-refractivity contribution < 1.29 is 33.4 Å². The van der Waals surface area contributed by atoms with E-state index in [0.29, 0.717) is 12.0 Å². The summed E-state index contributed by atoms with van der Waals surface area (Å²) in [5, 5.41) is 5.23. The number of ether oxygens (including phenoxy) is 2. The fourth-order valence-electron chi connectivity index (χ4n) is 4.09. The number of aryl methyl sites for hydroxylation is 1. The maximum absolute atomic E-state index is 14.1. The lowest BCUT2D eigenvalue weighted by molar-refractivity contribution is -0.144. The van der Waals surface area contributed by atoms with Crippen LogP contribution in [0.25, 0.3) is 0 Å². The summed E-state index contributed by atoms with van der Waals surface area (Å²) in [7, 11) is 0. The van der Waals surface area contributed by atoms with Crippen LogP contribution in [-0.2, 0) is 28.7 Å². The van der Waals surface area contributed by atoms with Crippen LogP contribution < -0.4 is 16.4 Å². The Morgan fingerprint density at radius 2 is 1.73 bits per heavy atom. The van der Waals surface area contributed by atoms with Crippen molar-refractivity contribution in [3.63, 3.8) is 0 Å². The highest BCUT2D eigenvalue weighted by atomic mass is 16.6. The van der Waals surface area contributed by atoms with Gasteiger partial charge in [0.15, 0.2) is 0 Å². The minimum Gasteiger partial charge on any atom is -0.466 e. The normalized spacial score (nSPS) is 12.6. The van der Waals surface area contributed by atoms with Gasteiger partial charge in [-0.1, -0.05) is 38.0 Å². The van der Waals surface area contributed by atoms with Gasteiger partial charge in [0.2, 0.25) is 17.7 Å². The highest BCUT2D eigenvalue weighted by Crippen LogP contribution is 2.28. The van der Waals surface area contributed by atoms with Gasteiger partial charge in [-0.15, -0.1) is 0 Å². The standard InChI is InChI=1S/C29H46N4O7/c1-8-10-11-17-33(27(37)22(18-23(30)34)32-28(38)40-29(5,6)7)25(21-14-12-13-19(3)20(21)4)26(36)31-16-15-24(35)39-9-2/h12-14,22,25H,8-11,15-18H2,1-7H3,(H2,30,34)(H,31,36)(H,32,38). The average Bonchev–Trinajstić information content (AvgIpc) is 2.83. The molecule has 1 aromatic rings. The predicted octanol–water partition coefficient (Wildman–Crippen LogP) is 3.20. The number of alkyl carbamates (subject to hydrolysis) is 1. The Labute approximate surface area is 237 Å². The predicted molar refractivity (Wildman–Crippen MR) is 151 cm³/mol. The molecular formula is C29H46N4O7. The molecule has 40 heavy (non-hydrogen) atoms. The number of esters is 1. The summed E-state index contributed by atoms with van der Waals surface area (Å²) in [5.74, 6) is -2.40. The molecule has 4 amide bonds. The van der Waals surface area contributed by atoms with Crippen molar-refractivity contribution in [1.29, 1.82) is 0 Å². The Bertz CT molecular complexity index is 1040. The van der Waals surface area contributed by atoms with Gasteiger partial charge in [0.1, 0.15) is 17.7 Å². The SMILES string of the molecule is CCCCCN(C(=O)C(CC(N)=O)NC(=O)OC(C)(C)C)C(C(=O)NCCC(=O)OCC)c1cccc(C)c1C. The maximum Gasteiger partial charge on any atom is 0.408 e. The quantitative estimate of drug-likeness (QED) is 0.219. The zero-order valence-corrected chi connectivity index (χ0v) is 24.9. The van der Waals surface area contributed by atoms with E-state index in [4.69, 9.17) is 15.2 Å². The smallest absolute Gasteiger partial charge is 0.408 e. The van der Waals surface area contributed by atoms with E-state index in [1.165, 1.54) is 4.90 Å². The molecule has 4 N–H and O–H groups in total. The van der Waals surface area contributed by atoms with E-state index in [1.54, 1.807) is 39.8 Å². The number of nitrogens with zero attached hydrogens (tertiary/aromatic N) is 1. The summed E-state index contributed by atoms with van der Waals surface area (Å²) in [4.78, 5) is 65.5. The van der Waals surface area contributed by atoms with Crippen molar-refractivity contribution in [3.05, 3.63) is 34.9 Å². The van der Waals surface area contributed by atoms with E-state index >= 15 is 0 Å². The van der Waals surface area contributed by atoms with Gasteiger partial charge in [-0.3, -0.25) is 19.2 Å². The molecule has 0 saturated carbocycles. The van der Waals surface area contributed by atoms with Crippen LogP contribution >= 0.6 is 0 Å². The number of unbranched alkanes of at least 4 members (excludes halogenated alkanes) is 2. The first-order chi connectivity index (χ1) is 18.7. The van der Waals surface area contributed by atoms with Crippen molar-refractivity contribution in [3.8, 4) is 0 Å². The van der Waals surface area contributed by atoms with Crippen molar-refractivity contribution in [1.82, 2.24) is 15.5 Å². The number of hydrogen-bond acceptors (Lipinski definition) is 7. The van der Waals surface area contributed by atoms with Crippen LogP contribution in [0.2, 0.25) is 0 Å². The second kappa shape index (κ2) is 16.5. The van der Waals surface area contributed by atoms with Gasteiger partial charge in [-0.25, -0.2) is 4.79 Å². The molecule has 11 heteroatoms. The number of carbonyl (C=O) groups excluding carboxylic acids is 5. The first-order valence-corrected chi connectivity index (χ1v) is 13.8. The summed E-state index contributed by atoms with van der Waals surface area (Å²) in [6.45, 7) is 12.9. The fourth-order valence-corrected chi connectivity index (χ4v) is 4.09. The molecule has 0 spiro atoms. The molecule has 1 rings (SSSR count). The van der Waals surface area contributed by atoms with Gasteiger partial charge in [0.05, 0.1) is 19.4 Å². The number of nitrogens with one attached hydrogen (secondary N) is 2. The highest BCUT2D eigenvalue weighted by Gasteiger charge is 2.37. The van der Waals surface area contributed by atoms with Crippen LogP contribution in [0, 0.1) is 13.8 Å². The molecule has 11 nitrogen and oxygen atoms in total. The second-order valence-electron chi connectivity index (χ2n) is 10.6. The van der Waals surface area contributed by atoms with Gasteiger partial charge in [-0.05, 0) is 64.7 Å². The van der Waals surface area contributed by atoms with Crippen LogP contribution in [0.4, 0.5) is 4.79 Å². The van der Waals surface area contributed by atoms with Crippen molar-refractivity contribution in [2.24, 2.45) is 5.73 Å². The Morgan fingerprint density at radius 3 is 2.30 bits per heavy atom. The lowest BCUT2D eigenvalue weighted by Crippen LogP contribution is -2.54. The number of carbonyl (C=O) groups is 5. The van der Waals surface area contributed by atoms with Crippen LogP contribution in [0.5, 0.6) is 0 Å². The van der Waals surface area contributed by atoms with Crippen molar-refractivity contribution in [2.75, 3.05) is 19.7 Å². The number of hydrogen-bond donors (Lipinski definition) is 3. The number of benzene rings is 1. The number of nitrogens with two attached hydrogens (primary N) is 1. The zero-order valence-electron chi connectivity index (χ0n) is 24.9. The zero-order chi connectivity index (χ0) is 30.5. The molecule has 2 unspecified atom stereocenters. The summed E-state index contributed by atoms with van der Waals surface area (Å²) in [5.41, 5.74) is 6.92. The number of rotatable bonds is 15. The van der Waals surface area contributed by atoms with Gasteiger partial charge >= 0.3 is 12.1 Å². The lowest BCUT2D eigenvalue weighted by atomic mass is 9.94. The van der Waals surface area contributed by atoms with E-state index < -0.39 is 53.9 Å². The van der Waals surface area contributed by atoms with Gasteiger partial charge < -0.3 is 30.7 Å². The lowest BCUT2D eigenvalue weighted by Gasteiger charge is -2.35. The first kappa shape index (κ1) is 34.4. The summed E-state index contributed by atoms with van der Waals surface area (Å²) < 4.78 is 10.2. The molecule has 224 valence electrons. The fraction of sp³-hybridized carbons (Fsp3) is 0.621. The van der Waals surface area contributed by atoms with Crippen LogP contribution in [0.3, 0.4) is 0 Å². The Morgan fingerprint density at radius 1 is 1.05 bits per heavy atom. The number of amides is 4. The van der Waals surface area contributed by atoms with E-state index in [2.05, 4.69) is 10.6 Å². The molecule has 0 saturated heterocycles. The van der Waals surface area contributed by atoms with Crippen molar-refractivity contribution >= 4 is 29.8 Å². The summed E-state index contributed by atoms with van der Waals surface area (Å²) in [6.07, 6.45) is 0.828. The van der Waals surface area contributed by atoms with Gasteiger partial charge in [0, 0.05) is 13.1 Å². The molecule has 0 radical (unpaired) electrons. The third kappa shape index (κ3) is 11.6. The monoisotopic (exact) mass is 562 g/mol. The Kier molecular flexibility index (Phi) is 14.2. The van der Waals surface area contributed by atoms with Gasteiger partial charge in [0.25, 0.3) is 0 Å². The Hall–Kier alpha value is -3.63. The first-order valence-electron chi connectivity index (χ1n) is 13.8. The van der Waals surface area contributed by atoms with Gasteiger partial charge in [-0.2, -0.15) is 0 Å². The molecule has 0 bridgehead atoms. The summed E-state index contributed by atoms with van der Waals surface area (Å²) >= 11 is 0. The minimum absolute atomic E-state index is 0.0108. The molecule has 0 aliphatic rings. The third-order valence-electron chi connectivity index (χ3n) is 6.11. The van der Waals surface area contributed by atoms with Crippen LogP contribution in [0.15, 0.2) is 18.2 Å². The molecule has 0 heterocycles. The third-order valence-corrected chi connectivity index (χ3v) is 6.11. The van der Waals surface area contributed by atoms with E-state index in [1.807, 2.05) is 26.8 Å². The van der Waals surface area contributed by atoms with Crippen LogP contribution in [0.1, 0.15) is 89.5 Å². The van der Waals surface area contributed by atoms with Crippen molar-refractivity contribution in [2.45, 2.75) is 98.3 Å². The molecule has 0 aliphatic carbocycles. The minimum atomic E-state index is -1.35. The molecule has 1 aromatic carbocycles.